The van der Waals surface area contributed by atoms with Crippen molar-refractivity contribution < 1.29 is 14.4 Å². The van der Waals surface area contributed by atoms with Gasteiger partial charge in [0.05, 0.1) is 23.4 Å². The third kappa shape index (κ3) is 3.29. The zero-order valence-electron chi connectivity index (χ0n) is 16.6. The minimum absolute atomic E-state index is 0.0893. The Morgan fingerprint density at radius 3 is 2.22 bits per heavy atom. The molecule has 0 spiro atoms. The number of aromatic nitrogens is 3. The molecule has 156 valence electrons. The van der Waals surface area contributed by atoms with Crippen LogP contribution < -0.4 is 0 Å². The fraction of sp³-hybridized carbons (Fsp3) is 0.0417. The lowest BCUT2D eigenvalue weighted by Crippen LogP contribution is -2.30. The molecule has 4 aromatic rings. The number of hydrogen-bond donors (Lipinski definition) is 0. The summed E-state index contributed by atoms with van der Waals surface area (Å²) in [5.41, 5.74) is 2.07. The smallest absolute Gasteiger partial charge is 0.261 e. The van der Waals surface area contributed by atoms with Crippen LogP contribution in [0.15, 0.2) is 79.1 Å². The predicted molar refractivity (Wildman–Crippen MR) is 117 cm³/mol. The summed E-state index contributed by atoms with van der Waals surface area (Å²) in [5.74, 6) is -0.666. The van der Waals surface area contributed by atoms with Gasteiger partial charge in [-0.1, -0.05) is 54.1 Å². The molecular weight excluding hydrogens is 428 g/mol. The molecule has 1 aromatic heterocycles. The first-order valence-corrected chi connectivity index (χ1v) is 10.2. The molecule has 0 N–H and O–H groups in total. The van der Waals surface area contributed by atoms with E-state index >= 15 is 0 Å². The number of nitrogens with zero attached hydrogens (tertiary/aromatic N) is 4. The number of fused-ring (bicyclic) bond motifs is 1. The van der Waals surface area contributed by atoms with Crippen LogP contribution in [0.4, 0.5) is 0 Å². The van der Waals surface area contributed by atoms with Gasteiger partial charge in [-0.15, -0.1) is 10.2 Å². The van der Waals surface area contributed by atoms with Crippen LogP contribution in [-0.2, 0) is 6.54 Å². The second-order valence-corrected chi connectivity index (χ2v) is 7.65. The molecule has 0 fully saturated rings. The highest BCUT2D eigenvalue weighted by Crippen LogP contribution is 2.27. The van der Waals surface area contributed by atoms with Gasteiger partial charge in [0.25, 0.3) is 11.8 Å². The molecule has 2 heterocycles. The highest BCUT2D eigenvalue weighted by Gasteiger charge is 2.36. The van der Waals surface area contributed by atoms with Crippen molar-refractivity contribution in [2.45, 2.75) is 6.54 Å². The van der Waals surface area contributed by atoms with Gasteiger partial charge >= 0.3 is 0 Å². The SMILES string of the molecule is O=C(c1ccccc1)c1cc(Cl)ccc1-n1cnnc1CN1C(=O)c2ccccc2C1=O. The van der Waals surface area contributed by atoms with E-state index in [-0.39, 0.29) is 12.3 Å². The Morgan fingerprint density at radius 2 is 1.53 bits per heavy atom. The molecule has 3 aromatic carbocycles. The van der Waals surface area contributed by atoms with Gasteiger partial charge in [0.15, 0.2) is 11.6 Å². The Labute approximate surface area is 187 Å². The lowest BCUT2D eigenvalue weighted by Gasteiger charge is -2.16. The molecule has 0 saturated carbocycles. The number of carbonyl (C=O) groups is 3. The van der Waals surface area contributed by atoms with Crippen molar-refractivity contribution in [2.75, 3.05) is 0 Å². The molecule has 0 aliphatic carbocycles. The van der Waals surface area contributed by atoms with Crippen molar-refractivity contribution in [2.24, 2.45) is 0 Å². The molecule has 0 saturated heterocycles. The van der Waals surface area contributed by atoms with Crippen LogP contribution in [0.5, 0.6) is 0 Å². The van der Waals surface area contributed by atoms with E-state index in [0.717, 1.165) is 4.90 Å². The fourth-order valence-corrected chi connectivity index (χ4v) is 3.91. The van der Waals surface area contributed by atoms with Gasteiger partial charge in [0.2, 0.25) is 0 Å². The number of halogens is 1. The molecule has 0 radical (unpaired) electrons. The molecule has 0 bridgehead atoms. The summed E-state index contributed by atoms with van der Waals surface area (Å²) in [5, 5.41) is 8.47. The lowest BCUT2D eigenvalue weighted by molar-refractivity contribution is 0.0637. The molecule has 0 unspecified atom stereocenters. The van der Waals surface area contributed by atoms with Gasteiger partial charge in [0, 0.05) is 16.1 Å². The molecule has 0 atom stereocenters. The highest BCUT2D eigenvalue weighted by atomic mass is 35.5. The van der Waals surface area contributed by atoms with E-state index in [4.69, 9.17) is 11.6 Å². The van der Waals surface area contributed by atoms with Crippen molar-refractivity contribution >= 4 is 29.2 Å². The second kappa shape index (κ2) is 7.86. The Hall–Kier alpha value is -4.10. The largest absolute Gasteiger partial charge is 0.289 e. The maximum Gasteiger partial charge on any atom is 0.261 e. The minimum atomic E-state index is -0.392. The van der Waals surface area contributed by atoms with Crippen LogP contribution in [0.1, 0.15) is 42.5 Å². The van der Waals surface area contributed by atoms with E-state index in [0.29, 0.717) is 38.8 Å². The Morgan fingerprint density at radius 1 is 0.875 bits per heavy atom. The van der Waals surface area contributed by atoms with Crippen molar-refractivity contribution in [1.29, 1.82) is 0 Å². The first-order chi connectivity index (χ1) is 15.5. The van der Waals surface area contributed by atoms with E-state index in [2.05, 4.69) is 10.2 Å². The summed E-state index contributed by atoms with van der Waals surface area (Å²) >= 11 is 6.19. The number of carbonyl (C=O) groups excluding carboxylic acids is 3. The van der Waals surface area contributed by atoms with Crippen LogP contribution in [0.3, 0.4) is 0 Å². The lowest BCUT2D eigenvalue weighted by atomic mass is 10.0. The molecule has 1 aliphatic rings. The number of amides is 2. The first-order valence-electron chi connectivity index (χ1n) is 9.78. The van der Waals surface area contributed by atoms with Gasteiger partial charge in [-0.25, -0.2) is 0 Å². The Balaban J connectivity index is 1.53. The minimum Gasteiger partial charge on any atom is -0.289 e. The van der Waals surface area contributed by atoms with Crippen molar-refractivity contribution in [1.82, 2.24) is 19.7 Å². The van der Waals surface area contributed by atoms with E-state index in [9.17, 15) is 14.4 Å². The van der Waals surface area contributed by atoms with Crippen LogP contribution in [0.25, 0.3) is 5.69 Å². The van der Waals surface area contributed by atoms with Gasteiger partial charge in [0.1, 0.15) is 6.33 Å². The number of imide groups is 1. The summed E-state index contributed by atoms with van der Waals surface area (Å²) in [6.07, 6.45) is 1.44. The number of hydrogen-bond acceptors (Lipinski definition) is 5. The van der Waals surface area contributed by atoms with E-state index in [1.807, 2.05) is 6.07 Å². The quantitative estimate of drug-likeness (QED) is 0.345. The second-order valence-electron chi connectivity index (χ2n) is 7.22. The van der Waals surface area contributed by atoms with Crippen molar-refractivity contribution in [3.63, 3.8) is 0 Å². The van der Waals surface area contributed by atoms with Crippen LogP contribution >= 0.6 is 11.6 Å². The number of benzene rings is 3. The van der Waals surface area contributed by atoms with Crippen molar-refractivity contribution in [3.05, 3.63) is 112 Å². The number of ketones is 1. The molecule has 1 aliphatic heterocycles. The zero-order valence-corrected chi connectivity index (χ0v) is 17.4. The van der Waals surface area contributed by atoms with Crippen molar-refractivity contribution in [3.8, 4) is 5.69 Å². The average Bonchev–Trinajstić information content (AvgIpc) is 3.38. The van der Waals surface area contributed by atoms with Crippen LogP contribution in [0, 0.1) is 0 Å². The summed E-state index contributed by atoms with van der Waals surface area (Å²) in [6.45, 7) is -0.0893. The van der Waals surface area contributed by atoms with Crippen LogP contribution in [0.2, 0.25) is 5.02 Å². The normalized spacial score (nSPS) is 12.8. The molecule has 8 heteroatoms. The monoisotopic (exact) mass is 442 g/mol. The van der Waals surface area contributed by atoms with Gasteiger partial charge in [-0.2, -0.15) is 0 Å². The van der Waals surface area contributed by atoms with Gasteiger partial charge in [-0.05, 0) is 30.3 Å². The summed E-state index contributed by atoms with van der Waals surface area (Å²) in [6, 6.07) is 20.4. The van der Waals surface area contributed by atoms with Crippen LogP contribution in [-0.4, -0.2) is 37.3 Å². The molecule has 7 nitrogen and oxygen atoms in total. The predicted octanol–water partition coefficient (Wildman–Crippen LogP) is 3.95. The summed E-state index contributed by atoms with van der Waals surface area (Å²) < 4.78 is 1.59. The topological polar surface area (TPSA) is 85.2 Å². The standard InChI is InChI=1S/C24H15ClN4O3/c25-16-10-11-20(19(12-16)22(30)15-6-2-1-3-7-15)29-14-26-27-21(29)13-28-23(31)17-8-4-5-9-18(17)24(28)32/h1-12,14H,13H2. The van der Waals surface area contributed by atoms with E-state index in [1.54, 1.807) is 71.3 Å². The average molecular weight is 443 g/mol. The number of rotatable bonds is 5. The first kappa shape index (κ1) is 19.8. The molecule has 5 rings (SSSR count). The maximum atomic E-state index is 13.2. The fourth-order valence-electron chi connectivity index (χ4n) is 3.74. The Kier molecular flexibility index (Phi) is 4.88. The Bertz CT molecular complexity index is 1350. The molecule has 32 heavy (non-hydrogen) atoms. The van der Waals surface area contributed by atoms with E-state index in [1.165, 1.54) is 6.33 Å². The molecule has 2 amide bonds. The van der Waals surface area contributed by atoms with Gasteiger partial charge < -0.3 is 0 Å². The zero-order chi connectivity index (χ0) is 22.2. The summed E-state index contributed by atoms with van der Waals surface area (Å²) in [7, 11) is 0. The van der Waals surface area contributed by atoms with Gasteiger partial charge in [-0.3, -0.25) is 23.9 Å². The molecular formula is C24H15ClN4O3. The maximum absolute atomic E-state index is 13.2. The third-order valence-corrected chi connectivity index (χ3v) is 5.53. The highest BCUT2D eigenvalue weighted by molar-refractivity contribution is 6.31. The van der Waals surface area contributed by atoms with E-state index < -0.39 is 11.8 Å². The summed E-state index contributed by atoms with van der Waals surface area (Å²) in [4.78, 5) is 39.8. The third-order valence-electron chi connectivity index (χ3n) is 5.29.